The molecule has 2 atom stereocenters. The van der Waals surface area contributed by atoms with Crippen LogP contribution in [0.15, 0.2) is 18.2 Å². The van der Waals surface area contributed by atoms with E-state index in [0.717, 1.165) is 12.1 Å². The number of carbonyl (C=O) groups excluding carboxylic acids is 1. The lowest BCUT2D eigenvalue weighted by molar-refractivity contribution is -0.137. The van der Waals surface area contributed by atoms with E-state index in [9.17, 15) is 18.0 Å². The number of benzene rings is 1. The van der Waals surface area contributed by atoms with Crippen LogP contribution in [0.2, 0.25) is 0 Å². The van der Waals surface area contributed by atoms with Crippen LogP contribution in [0.1, 0.15) is 29.8 Å². The van der Waals surface area contributed by atoms with Gasteiger partial charge in [-0.25, -0.2) is 0 Å². The predicted molar refractivity (Wildman–Crippen MR) is 78.9 cm³/mol. The maximum absolute atomic E-state index is 13.1. The lowest BCUT2D eigenvalue weighted by atomic mass is 10.0. The van der Waals surface area contributed by atoms with Crippen molar-refractivity contribution in [2.75, 3.05) is 25.0 Å². The third-order valence-corrected chi connectivity index (χ3v) is 4.30. The minimum atomic E-state index is -4.61. The first kappa shape index (κ1) is 16.6. The molecular formula is C15H20F3N3O. The number of amides is 1. The van der Waals surface area contributed by atoms with Gasteiger partial charge < -0.3 is 10.6 Å². The van der Waals surface area contributed by atoms with Gasteiger partial charge in [0.25, 0.3) is 0 Å². The fraction of sp³-hybridized carbons (Fsp3) is 0.533. The van der Waals surface area contributed by atoms with E-state index in [2.05, 4.69) is 4.90 Å². The summed E-state index contributed by atoms with van der Waals surface area (Å²) in [5, 5.41) is 0. The topological polar surface area (TPSA) is 49.6 Å². The number of nitrogens with zero attached hydrogens (tertiary/aromatic N) is 2. The average Bonchev–Trinajstić information content (AvgIpc) is 2.42. The van der Waals surface area contributed by atoms with Crippen molar-refractivity contribution in [3.05, 3.63) is 29.3 Å². The highest BCUT2D eigenvalue weighted by atomic mass is 19.4. The molecule has 1 aromatic carbocycles. The molecular weight excluding hydrogens is 295 g/mol. The van der Waals surface area contributed by atoms with E-state index < -0.39 is 23.2 Å². The van der Waals surface area contributed by atoms with Gasteiger partial charge in [-0.05, 0) is 39.1 Å². The summed E-state index contributed by atoms with van der Waals surface area (Å²) < 4.78 is 39.4. The summed E-state index contributed by atoms with van der Waals surface area (Å²) >= 11 is 0. The van der Waals surface area contributed by atoms with E-state index >= 15 is 0 Å². The van der Waals surface area contributed by atoms with E-state index in [4.69, 9.17) is 5.73 Å². The van der Waals surface area contributed by atoms with E-state index in [1.165, 1.54) is 6.07 Å². The SMILES string of the molecule is C[C@@H]1CN(c2ccc(C(N)=O)c(C(F)(F)F)c2)C[C@H](C)N1C. The van der Waals surface area contributed by atoms with Crippen molar-refractivity contribution >= 4 is 11.6 Å². The Kier molecular flexibility index (Phi) is 4.37. The van der Waals surface area contributed by atoms with E-state index in [0.29, 0.717) is 18.8 Å². The van der Waals surface area contributed by atoms with Gasteiger partial charge in [-0.2, -0.15) is 13.2 Å². The van der Waals surface area contributed by atoms with Crippen LogP contribution in [0.5, 0.6) is 0 Å². The largest absolute Gasteiger partial charge is 0.417 e. The highest BCUT2D eigenvalue weighted by Gasteiger charge is 2.36. The minimum Gasteiger partial charge on any atom is -0.368 e. The Hall–Kier alpha value is -1.76. The van der Waals surface area contributed by atoms with Crippen LogP contribution < -0.4 is 10.6 Å². The molecule has 0 unspecified atom stereocenters. The first-order valence-electron chi connectivity index (χ1n) is 7.09. The first-order valence-corrected chi connectivity index (χ1v) is 7.09. The monoisotopic (exact) mass is 315 g/mol. The highest BCUT2D eigenvalue weighted by Crippen LogP contribution is 2.35. The quantitative estimate of drug-likeness (QED) is 0.911. The Bertz CT molecular complexity index is 562. The molecule has 1 aliphatic rings. The second kappa shape index (κ2) is 5.79. The molecule has 0 radical (unpaired) electrons. The molecule has 0 aromatic heterocycles. The maximum atomic E-state index is 13.1. The molecule has 1 heterocycles. The van der Waals surface area contributed by atoms with Crippen LogP contribution in [0.3, 0.4) is 0 Å². The molecule has 4 nitrogen and oxygen atoms in total. The van der Waals surface area contributed by atoms with Gasteiger partial charge in [0.1, 0.15) is 0 Å². The van der Waals surface area contributed by atoms with E-state index in [1.54, 1.807) is 0 Å². The number of carbonyl (C=O) groups is 1. The summed E-state index contributed by atoms with van der Waals surface area (Å²) in [6.07, 6.45) is -4.61. The molecule has 2 rings (SSSR count). The molecule has 1 aliphatic heterocycles. The van der Waals surface area contributed by atoms with Gasteiger partial charge in [-0.15, -0.1) is 0 Å². The number of piperazine rings is 1. The predicted octanol–water partition coefficient (Wildman–Crippen LogP) is 2.33. The van der Waals surface area contributed by atoms with Gasteiger partial charge in [-0.3, -0.25) is 9.69 Å². The maximum Gasteiger partial charge on any atom is 0.417 e. The molecule has 122 valence electrons. The van der Waals surface area contributed by atoms with Gasteiger partial charge in [-0.1, -0.05) is 0 Å². The first-order chi connectivity index (χ1) is 10.1. The summed E-state index contributed by atoms with van der Waals surface area (Å²) in [5.41, 5.74) is 4.04. The average molecular weight is 315 g/mol. The van der Waals surface area contributed by atoms with Crippen molar-refractivity contribution in [1.82, 2.24) is 4.90 Å². The lowest BCUT2D eigenvalue weighted by Crippen LogP contribution is -2.55. The van der Waals surface area contributed by atoms with Crippen molar-refractivity contribution in [2.24, 2.45) is 5.73 Å². The molecule has 1 fully saturated rings. The second-order valence-corrected chi connectivity index (χ2v) is 5.86. The third kappa shape index (κ3) is 3.19. The molecule has 0 aliphatic carbocycles. The number of rotatable bonds is 2. The van der Waals surface area contributed by atoms with Crippen LogP contribution in [0.25, 0.3) is 0 Å². The standard InChI is InChI=1S/C15H20F3N3O/c1-9-7-21(8-10(2)20(9)3)11-4-5-12(14(19)22)13(6-11)15(16,17)18/h4-6,9-10H,7-8H2,1-3H3,(H2,19,22)/t9-,10+. The zero-order chi connectivity index (χ0) is 16.7. The molecule has 1 saturated heterocycles. The molecule has 1 amide bonds. The molecule has 0 saturated carbocycles. The number of hydrogen-bond acceptors (Lipinski definition) is 3. The van der Waals surface area contributed by atoms with Crippen molar-refractivity contribution < 1.29 is 18.0 Å². The second-order valence-electron chi connectivity index (χ2n) is 5.86. The van der Waals surface area contributed by atoms with Crippen molar-refractivity contribution in [3.63, 3.8) is 0 Å². The van der Waals surface area contributed by atoms with Gasteiger partial charge in [0, 0.05) is 30.9 Å². The number of halogens is 3. The number of primary amides is 1. The smallest absolute Gasteiger partial charge is 0.368 e. The number of alkyl halides is 3. The Morgan fingerprint density at radius 1 is 1.23 bits per heavy atom. The fourth-order valence-electron chi connectivity index (χ4n) is 2.79. The van der Waals surface area contributed by atoms with E-state index in [-0.39, 0.29) is 12.1 Å². The van der Waals surface area contributed by atoms with Crippen LogP contribution in [0.4, 0.5) is 18.9 Å². The summed E-state index contributed by atoms with van der Waals surface area (Å²) in [5.74, 6) is -1.07. The van der Waals surface area contributed by atoms with Crippen LogP contribution >= 0.6 is 0 Å². The zero-order valence-electron chi connectivity index (χ0n) is 12.8. The zero-order valence-corrected chi connectivity index (χ0v) is 12.8. The van der Waals surface area contributed by atoms with Crippen LogP contribution in [-0.4, -0.2) is 43.0 Å². The summed E-state index contributed by atoms with van der Waals surface area (Å²) in [4.78, 5) is 15.3. The Morgan fingerprint density at radius 3 is 2.23 bits per heavy atom. The number of nitrogens with two attached hydrogens (primary N) is 1. The minimum absolute atomic E-state index is 0.230. The number of hydrogen-bond donors (Lipinski definition) is 1. The Labute approximate surface area is 127 Å². The Morgan fingerprint density at radius 2 is 1.77 bits per heavy atom. The summed E-state index contributed by atoms with van der Waals surface area (Å²) in [6, 6.07) is 4.17. The molecule has 0 spiro atoms. The number of likely N-dealkylation sites (N-methyl/N-ethyl adjacent to an activating group) is 1. The van der Waals surface area contributed by atoms with Gasteiger partial charge in [0.05, 0.1) is 11.1 Å². The third-order valence-electron chi connectivity index (χ3n) is 4.30. The van der Waals surface area contributed by atoms with Crippen molar-refractivity contribution in [3.8, 4) is 0 Å². The fourth-order valence-corrected chi connectivity index (χ4v) is 2.79. The molecule has 1 aromatic rings. The van der Waals surface area contributed by atoms with E-state index in [1.807, 2.05) is 25.8 Å². The highest BCUT2D eigenvalue weighted by molar-refractivity contribution is 5.95. The van der Waals surface area contributed by atoms with Crippen LogP contribution in [-0.2, 0) is 6.18 Å². The van der Waals surface area contributed by atoms with Gasteiger partial charge in [0.15, 0.2) is 0 Å². The van der Waals surface area contributed by atoms with Crippen molar-refractivity contribution in [1.29, 1.82) is 0 Å². The van der Waals surface area contributed by atoms with Gasteiger partial charge >= 0.3 is 6.18 Å². The normalized spacial score (nSPS) is 23.6. The van der Waals surface area contributed by atoms with Gasteiger partial charge in [0.2, 0.25) is 5.91 Å². The van der Waals surface area contributed by atoms with Crippen molar-refractivity contribution in [2.45, 2.75) is 32.1 Å². The number of anilines is 1. The summed E-state index contributed by atoms with van der Waals surface area (Å²) in [7, 11) is 2.00. The summed E-state index contributed by atoms with van der Waals surface area (Å²) in [6.45, 7) is 5.33. The molecule has 22 heavy (non-hydrogen) atoms. The van der Waals surface area contributed by atoms with Crippen LogP contribution in [0, 0.1) is 0 Å². The Balaban J connectivity index is 2.39. The molecule has 7 heteroatoms. The molecule has 0 bridgehead atoms. The lowest BCUT2D eigenvalue weighted by Gasteiger charge is -2.43. The molecule has 2 N–H and O–H groups in total.